The van der Waals surface area contributed by atoms with Gasteiger partial charge in [0, 0.05) is 12.6 Å². The maximum Gasteiger partial charge on any atom is 0.241 e. The van der Waals surface area contributed by atoms with Gasteiger partial charge in [0.15, 0.2) is 5.13 Å². The average molecular weight is 420 g/mol. The highest BCUT2D eigenvalue weighted by atomic mass is 32.2. The highest BCUT2D eigenvalue weighted by Gasteiger charge is 2.29. The number of rotatable bonds is 7. The molecule has 7 heteroatoms. The molecular weight excluding hydrogens is 390 g/mol. The third-order valence-corrected chi connectivity index (χ3v) is 8.53. The number of anilines is 1. The minimum atomic E-state index is -3.47. The van der Waals surface area contributed by atoms with E-state index in [1.165, 1.54) is 32.1 Å². The van der Waals surface area contributed by atoms with Gasteiger partial charge in [0.2, 0.25) is 10.0 Å². The van der Waals surface area contributed by atoms with Crippen molar-refractivity contribution in [2.45, 2.75) is 69.7 Å². The van der Waals surface area contributed by atoms with Crippen molar-refractivity contribution in [3.05, 3.63) is 29.5 Å². The molecule has 4 rings (SSSR count). The zero-order valence-electron chi connectivity index (χ0n) is 16.6. The fourth-order valence-electron chi connectivity index (χ4n) is 3.88. The van der Waals surface area contributed by atoms with Crippen LogP contribution in [-0.2, 0) is 10.0 Å². The second-order valence-electron chi connectivity index (χ2n) is 8.19. The predicted molar refractivity (Wildman–Crippen MR) is 115 cm³/mol. The standard InChI is InChI=1S/C21H29N3O2S2/c1-14-8-9-17(12-19(14)28(25,26)24-18-10-11-18)20-15(2)23-21(27-20)22-13-16-6-4-3-5-7-16/h8-9,12,16,18,24H,3-7,10-11,13H2,1-2H3,(H,22,23). The second-order valence-corrected chi connectivity index (χ2v) is 10.9. The third-order valence-electron chi connectivity index (χ3n) is 5.70. The van der Waals surface area contributed by atoms with Crippen LogP contribution in [0.15, 0.2) is 23.1 Å². The summed E-state index contributed by atoms with van der Waals surface area (Å²) in [6, 6.07) is 5.79. The van der Waals surface area contributed by atoms with Crippen LogP contribution in [0, 0.1) is 19.8 Å². The zero-order chi connectivity index (χ0) is 19.7. The Labute approximate surface area is 172 Å². The van der Waals surface area contributed by atoms with Crippen LogP contribution >= 0.6 is 11.3 Å². The minimum Gasteiger partial charge on any atom is -0.361 e. The first-order valence-corrected chi connectivity index (χ1v) is 12.6. The molecule has 2 aliphatic carbocycles. The molecule has 152 valence electrons. The van der Waals surface area contributed by atoms with Crippen LogP contribution in [0.5, 0.6) is 0 Å². The van der Waals surface area contributed by atoms with E-state index >= 15 is 0 Å². The monoisotopic (exact) mass is 419 g/mol. The smallest absolute Gasteiger partial charge is 0.241 e. The van der Waals surface area contributed by atoms with E-state index in [-0.39, 0.29) is 6.04 Å². The Kier molecular flexibility index (Phi) is 5.76. The fourth-order valence-corrected chi connectivity index (χ4v) is 6.42. The summed E-state index contributed by atoms with van der Waals surface area (Å²) < 4.78 is 28.2. The lowest BCUT2D eigenvalue weighted by Crippen LogP contribution is -2.26. The van der Waals surface area contributed by atoms with E-state index in [4.69, 9.17) is 0 Å². The average Bonchev–Trinajstić information content (AvgIpc) is 3.40. The first kappa shape index (κ1) is 19.9. The number of hydrogen-bond acceptors (Lipinski definition) is 5. The molecule has 0 atom stereocenters. The molecule has 0 aliphatic heterocycles. The number of hydrogen-bond donors (Lipinski definition) is 2. The Balaban J connectivity index is 1.53. The molecular formula is C21H29N3O2S2. The van der Waals surface area contributed by atoms with Crippen molar-refractivity contribution in [2.24, 2.45) is 5.92 Å². The van der Waals surface area contributed by atoms with Gasteiger partial charge in [-0.15, -0.1) is 0 Å². The number of aryl methyl sites for hydroxylation is 2. The summed E-state index contributed by atoms with van der Waals surface area (Å²) in [6.45, 7) is 4.82. The molecule has 1 heterocycles. The van der Waals surface area contributed by atoms with Crippen molar-refractivity contribution in [3.63, 3.8) is 0 Å². The Morgan fingerprint density at radius 3 is 2.57 bits per heavy atom. The number of thiazole rings is 1. The molecule has 0 bridgehead atoms. The van der Waals surface area contributed by atoms with Gasteiger partial charge in [-0.1, -0.05) is 42.7 Å². The normalized spacial score (nSPS) is 18.4. The summed E-state index contributed by atoms with van der Waals surface area (Å²) in [7, 11) is -3.47. The van der Waals surface area contributed by atoms with Gasteiger partial charge in [-0.2, -0.15) is 0 Å². The molecule has 2 fully saturated rings. The lowest BCUT2D eigenvalue weighted by atomic mass is 9.89. The van der Waals surface area contributed by atoms with Crippen LogP contribution in [-0.4, -0.2) is 26.0 Å². The van der Waals surface area contributed by atoms with Gasteiger partial charge in [-0.25, -0.2) is 18.1 Å². The predicted octanol–water partition coefficient (Wildman–Crippen LogP) is 4.86. The number of aromatic nitrogens is 1. The van der Waals surface area contributed by atoms with E-state index in [2.05, 4.69) is 15.0 Å². The summed E-state index contributed by atoms with van der Waals surface area (Å²) in [6.07, 6.45) is 8.51. The lowest BCUT2D eigenvalue weighted by molar-refractivity contribution is 0.373. The fraction of sp³-hybridized carbons (Fsp3) is 0.571. The van der Waals surface area contributed by atoms with Crippen molar-refractivity contribution >= 4 is 26.5 Å². The second kappa shape index (κ2) is 8.13. The van der Waals surface area contributed by atoms with E-state index in [9.17, 15) is 8.42 Å². The molecule has 0 spiro atoms. The van der Waals surface area contributed by atoms with Crippen molar-refractivity contribution in [2.75, 3.05) is 11.9 Å². The first-order chi connectivity index (χ1) is 13.4. The van der Waals surface area contributed by atoms with E-state index in [1.807, 2.05) is 26.0 Å². The van der Waals surface area contributed by atoms with Gasteiger partial charge in [0.1, 0.15) is 0 Å². The lowest BCUT2D eigenvalue weighted by Gasteiger charge is -2.21. The zero-order valence-corrected chi connectivity index (χ0v) is 18.3. The highest BCUT2D eigenvalue weighted by Crippen LogP contribution is 2.35. The van der Waals surface area contributed by atoms with Crippen molar-refractivity contribution < 1.29 is 8.42 Å². The molecule has 0 radical (unpaired) electrons. The summed E-state index contributed by atoms with van der Waals surface area (Å²) in [4.78, 5) is 6.10. The highest BCUT2D eigenvalue weighted by molar-refractivity contribution is 7.89. The molecule has 1 aromatic carbocycles. The molecule has 2 aromatic rings. The van der Waals surface area contributed by atoms with Crippen LogP contribution in [0.25, 0.3) is 10.4 Å². The summed E-state index contributed by atoms with van der Waals surface area (Å²) in [5, 5.41) is 4.44. The van der Waals surface area contributed by atoms with E-state index in [1.54, 1.807) is 17.4 Å². The Morgan fingerprint density at radius 1 is 1.11 bits per heavy atom. The topological polar surface area (TPSA) is 71.1 Å². The van der Waals surface area contributed by atoms with E-state index in [0.717, 1.165) is 52.1 Å². The summed E-state index contributed by atoms with van der Waals surface area (Å²) in [5.74, 6) is 0.742. The number of sulfonamides is 1. The number of benzene rings is 1. The summed E-state index contributed by atoms with van der Waals surface area (Å²) in [5.41, 5.74) is 2.63. The number of nitrogens with zero attached hydrogens (tertiary/aromatic N) is 1. The van der Waals surface area contributed by atoms with Gasteiger partial charge in [0.25, 0.3) is 0 Å². The molecule has 0 unspecified atom stereocenters. The van der Waals surface area contributed by atoms with Crippen molar-refractivity contribution in [3.8, 4) is 10.4 Å². The van der Waals surface area contributed by atoms with E-state index in [0.29, 0.717) is 4.90 Å². The van der Waals surface area contributed by atoms with Crippen LogP contribution in [0.4, 0.5) is 5.13 Å². The quantitative estimate of drug-likeness (QED) is 0.672. The minimum absolute atomic E-state index is 0.105. The first-order valence-electron chi connectivity index (χ1n) is 10.3. The molecule has 2 aliphatic rings. The Hall–Kier alpha value is -1.44. The van der Waals surface area contributed by atoms with Crippen LogP contribution in [0.2, 0.25) is 0 Å². The molecule has 2 saturated carbocycles. The van der Waals surface area contributed by atoms with E-state index < -0.39 is 10.0 Å². The van der Waals surface area contributed by atoms with Crippen LogP contribution in [0.1, 0.15) is 56.2 Å². The SMILES string of the molecule is Cc1ccc(-c2sc(NCC3CCCCC3)nc2C)cc1S(=O)(=O)NC1CC1. The van der Waals surface area contributed by atoms with Crippen molar-refractivity contribution in [1.29, 1.82) is 0 Å². The van der Waals surface area contributed by atoms with Gasteiger partial charge in [0.05, 0.1) is 15.5 Å². The molecule has 28 heavy (non-hydrogen) atoms. The molecule has 1 aromatic heterocycles. The third kappa shape index (κ3) is 4.58. The number of nitrogens with one attached hydrogen (secondary N) is 2. The largest absolute Gasteiger partial charge is 0.361 e. The Bertz CT molecular complexity index is 943. The molecule has 2 N–H and O–H groups in total. The molecule has 0 amide bonds. The van der Waals surface area contributed by atoms with Gasteiger partial charge in [-0.05, 0) is 62.6 Å². The van der Waals surface area contributed by atoms with Gasteiger partial charge >= 0.3 is 0 Å². The van der Waals surface area contributed by atoms with Crippen LogP contribution < -0.4 is 10.0 Å². The van der Waals surface area contributed by atoms with Gasteiger partial charge < -0.3 is 5.32 Å². The maximum absolute atomic E-state index is 12.7. The molecule has 0 saturated heterocycles. The maximum atomic E-state index is 12.7. The molecule has 5 nitrogen and oxygen atoms in total. The van der Waals surface area contributed by atoms with Crippen molar-refractivity contribution in [1.82, 2.24) is 9.71 Å². The summed E-state index contributed by atoms with van der Waals surface area (Å²) >= 11 is 1.62. The van der Waals surface area contributed by atoms with Gasteiger partial charge in [-0.3, -0.25) is 0 Å². The van der Waals surface area contributed by atoms with Crippen LogP contribution in [0.3, 0.4) is 0 Å². The Morgan fingerprint density at radius 2 is 1.86 bits per heavy atom.